The van der Waals surface area contributed by atoms with Crippen molar-refractivity contribution in [1.82, 2.24) is 4.90 Å². The average molecular weight is 417 g/mol. The Labute approximate surface area is 173 Å². The Hall–Kier alpha value is -2.80. The van der Waals surface area contributed by atoms with Crippen molar-refractivity contribution in [3.63, 3.8) is 0 Å². The van der Waals surface area contributed by atoms with Gasteiger partial charge in [-0.2, -0.15) is 0 Å². The van der Waals surface area contributed by atoms with E-state index < -0.39 is 5.82 Å². The van der Waals surface area contributed by atoms with Gasteiger partial charge in [0.05, 0.1) is 18.0 Å². The Morgan fingerprint density at radius 1 is 1.28 bits per heavy atom. The van der Waals surface area contributed by atoms with Crippen LogP contribution < -0.4 is 15.5 Å². The number of piperazine rings is 1. The maximum absolute atomic E-state index is 13.8. The van der Waals surface area contributed by atoms with Crippen molar-refractivity contribution < 1.29 is 14.0 Å². The minimum absolute atomic E-state index is 0.00786. The second-order valence-corrected chi connectivity index (χ2v) is 7.84. The topological polar surface area (TPSA) is 64.7 Å². The van der Waals surface area contributed by atoms with Gasteiger partial charge in [0.1, 0.15) is 5.82 Å². The number of nitrogens with zero attached hydrogens (tertiary/aromatic N) is 2. The molecule has 2 aliphatic heterocycles. The number of carbonyl (C=O) groups excluding carboxylic acids is 2. The van der Waals surface area contributed by atoms with E-state index in [4.69, 9.17) is 11.6 Å². The Balaban J connectivity index is 1.33. The van der Waals surface area contributed by atoms with Crippen molar-refractivity contribution in [3.8, 4) is 0 Å². The zero-order valence-electron chi connectivity index (χ0n) is 16.0. The van der Waals surface area contributed by atoms with Gasteiger partial charge in [0.25, 0.3) is 0 Å². The number of anilines is 3. The third kappa shape index (κ3) is 4.15. The summed E-state index contributed by atoms with van der Waals surface area (Å²) in [4.78, 5) is 28.0. The van der Waals surface area contributed by atoms with Crippen molar-refractivity contribution in [2.75, 3.05) is 41.7 Å². The molecule has 152 valence electrons. The van der Waals surface area contributed by atoms with Gasteiger partial charge in [-0.25, -0.2) is 4.39 Å². The lowest BCUT2D eigenvalue weighted by Gasteiger charge is -2.41. The number of nitrogens with one attached hydrogen (secondary N) is 2. The van der Waals surface area contributed by atoms with E-state index in [2.05, 4.69) is 15.5 Å². The fourth-order valence-corrected chi connectivity index (χ4v) is 3.98. The SMILES string of the molecule is C[C@@H]1CN(C(=O)CNc2ccc3c(c2)CC(=O)N3)CCN1c1ccc(Cl)c(F)c1. The van der Waals surface area contributed by atoms with Crippen LogP contribution in [0.25, 0.3) is 0 Å². The number of carbonyl (C=O) groups is 2. The highest BCUT2D eigenvalue weighted by Gasteiger charge is 2.27. The molecule has 1 saturated heterocycles. The molecule has 2 aromatic rings. The van der Waals surface area contributed by atoms with Crippen LogP contribution in [0, 0.1) is 5.82 Å². The number of benzene rings is 2. The van der Waals surface area contributed by atoms with E-state index in [0.717, 1.165) is 22.6 Å². The molecule has 2 N–H and O–H groups in total. The predicted octanol–water partition coefficient (Wildman–Crippen LogP) is 3.12. The molecule has 1 fully saturated rings. The summed E-state index contributed by atoms with van der Waals surface area (Å²) in [5.74, 6) is -0.445. The lowest BCUT2D eigenvalue weighted by molar-refractivity contribution is -0.130. The van der Waals surface area contributed by atoms with E-state index in [-0.39, 0.29) is 29.4 Å². The summed E-state index contributed by atoms with van der Waals surface area (Å²) < 4.78 is 13.8. The van der Waals surface area contributed by atoms with E-state index in [1.807, 2.05) is 30.0 Å². The van der Waals surface area contributed by atoms with Gasteiger partial charge in [-0.05, 0) is 48.9 Å². The van der Waals surface area contributed by atoms with Crippen LogP contribution in [0.15, 0.2) is 36.4 Å². The first-order valence-electron chi connectivity index (χ1n) is 9.57. The van der Waals surface area contributed by atoms with Crippen molar-refractivity contribution in [1.29, 1.82) is 0 Å². The maximum Gasteiger partial charge on any atom is 0.242 e. The van der Waals surface area contributed by atoms with Crippen molar-refractivity contribution >= 4 is 40.5 Å². The molecule has 29 heavy (non-hydrogen) atoms. The molecular formula is C21H22ClFN4O2. The van der Waals surface area contributed by atoms with E-state index in [1.54, 1.807) is 12.1 Å². The number of fused-ring (bicyclic) bond motifs is 1. The molecule has 2 aromatic carbocycles. The Morgan fingerprint density at radius 2 is 2.10 bits per heavy atom. The molecule has 8 heteroatoms. The maximum atomic E-state index is 13.8. The van der Waals surface area contributed by atoms with Gasteiger partial charge >= 0.3 is 0 Å². The molecule has 0 bridgehead atoms. The lowest BCUT2D eigenvalue weighted by Crippen LogP contribution is -2.54. The third-order valence-electron chi connectivity index (χ3n) is 5.39. The summed E-state index contributed by atoms with van der Waals surface area (Å²) >= 11 is 5.77. The van der Waals surface area contributed by atoms with Gasteiger partial charge in [-0.15, -0.1) is 0 Å². The molecule has 0 saturated carbocycles. The van der Waals surface area contributed by atoms with Crippen LogP contribution in [-0.2, 0) is 16.0 Å². The van der Waals surface area contributed by atoms with Gasteiger partial charge in [-0.1, -0.05) is 11.6 Å². The Kier molecular flexibility index (Phi) is 5.32. The summed E-state index contributed by atoms with van der Waals surface area (Å²) in [6, 6.07) is 10.5. The minimum atomic E-state index is -0.440. The normalized spacial score (nSPS) is 18.4. The number of hydrogen-bond donors (Lipinski definition) is 2. The van der Waals surface area contributed by atoms with Crippen LogP contribution in [-0.4, -0.2) is 48.9 Å². The molecule has 6 nitrogen and oxygen atoms in total. The highest BCUT2D eigenvalue weighted by atomic mass is 35.5. The van der Waals surface area contributed by atoms with Gasteiger partial charge in [-0.3, -0.25) is 9.59 Å². The van der Waals surface area contributed by atoms with Crippen LogP contribution in [0.2, 0.25) is 5.02 Å². The minimum Gasteiger partial charge on any atom is -0.376 e. The summed E-state index contributed by atoms with van der Waals surface area (Å²) in [7, 11) is 0. The Morgan fingerprint density at radius 3 is 2.86 bits per heavy atom. The molecular weight excluding hydrogens is 395 g/mol. The molecule has 2 heterocycles. The molecule has 2 amide bonds. The predicted molar refractivity (Wildman–Crippen MR) is 112 cm³/mol. The third-order valence-corrected chi connectivity index (χ3v) is 5.70. The van der Waals surface area contributed by atoms with Crippen LogP contribution in [0.3, 0.4) is 0 Å². The number of rotatable bonds is 4. The monoisotopic (exact) mass is 416 g/mol. The number of amides is 2. The molecule has 0 aliphatic carbocycles. The molecule has 4 rings (SSSR count). The quantitative estimate of drug-likeness (QED) is 0.803. The van der Waals surface area contributed by atoms with Crippen LogP contribution >= 0.6 is 11.6 Å². The van der Waals surface area contributed by atoms with Crippen LogP contribution in [0.4, 0.5) is 21.5 Å². The first-order valence-corrected chi connectivity index (χ1v) is 9.94. The largest absolute Gasteiger partial charge is 0.376 e. The molecule has 0 spiro atoms. The van der Waals surface area contributed by atoms with E-state index >= 15 is 0 Å². The molecule has 0 aromatic heterocycles. The zero-order chi connectivity index (χ0) is 20.5. The second-order valence-electron chi connectivity index (χ2n) is 7.43. The van der Waals surface area contributed by atoms with E-state index in [9.17, 15) is 14.0 Å². The first-order chi connectivity index (χ1) is 13.9. The Bertz CT molecular complexity index is 968. The standard InChI is InChI=1S/C21H22ClFN4O2/c1-13-12-26(6-7-27(13)16-3-4-17(22)18(23)10-16)21(29)11-24-15-2-5-19-14(8-15)9-20(28)25-19/h2-5,8,10,13,24H,6-7,9,11-12H2,1H3,(H,25,28)/t13-/m1/s1. The molecule has 2 aliphatic rings. The summed E-state index contributed by atoms with van der Waals surface area (Å²) in [5, 5.41) is 6.05. The molecule has 0 unspecified atom stereocenters. The molecule has 1 atom stereocenters. The van der Waals surface area contributed by atoms with Gasteiger partial charge in [0.15, 0.2) is 0 Å². The fourth-order valence-electron chi connectivity index (χ4n) is 3.86. The van der Waals surface area contributed by atoms with Crippen molar-refractivity contribution in [3.05, 3.63) is 52.8 Å². The summed E-state index contributed by atoms with van der Waals surface area (Å²) in [6.07, 6.45) is 0.365. The average Bonchev–Trinajstić information content (AvgIpc) is 3.07. The molecule has 0 radical (unpaired) electrons. The van der Waals surface area contributed by atoms with Gasteiger partial charge in [0, 0.05) is 42.7 Å². The number of hydrogen-bond acceptors (Lipinski definition) is 4. The second kappa shape index (κ2) is 7.91. The van der Waals surface area contributed by atoms with Crippen molar-refractivity contribution in [2.45, 2.75) is 19.4 Å². The van der Waals surface area contributed by atoms with Crippen LogP contribution in [0.1, 0.15) is 12.5 Å². The lowest BCUT2D eigenvalue weighted by atomic mass is 10.1. The summed E-state index contributed by atoms with van der Waals surface area (Å²) in [6.45, 7) is 3.96. The zero-order valence-corrected chi connectivity index (χ0v) is 16.8. The smallest absolute Gasteiger partial charge is 0.242 e. The van der Waals surface area contributed by atoms with E-state index in [1.165, 1.54) is 6.07 Å². The van der Waals surface area contributed by atoms with E-state index in [0.29, 0.717) is 26.1 Å². The number of halogens is 2. The fraction of sp³-hybridized carbons (Fsp3) is 0.333. The summed E-state index contributed by atoms with van der Waals surface area (Å²) in [5.41, 5.74) is 3.35. The van der Waals surface area contributed by atoms with Gasteiger partial charge in [0.2, 0.25) is 11.8 Å². The van der Waals surface area contributed by atoms with Crippen molar-refractivity contribution in [2.24, 2.45) is 0 Å². The van der Waals surface area contributed by atoms with Gasteiger partial charge < -0.3 is 20.4 Å². The highest BCUT2D eigenvalue weighted by molar-refractivity contribution is 6.30. The first kappa shape index (κ1) is 19.5. The highest BCUT2D eigenvalue weighted by Crippen LogP contribution is 2.27. The van der Waals surface area contributed by atoms with Crippen LogP contribution in [0.5, 0.6) is 0 Å².